The van der Waals surface area contributed by atoms with Gasteiger partial charge in [0.2, 0.25) is 0 Å². The molecule has 2 N–H and O–H groups in total. The van der Waals surface area contributed by atoms with Gasteiger partial charge in [-0.25, -0.2) is 0 Å². The summed E-state index contributed by atoms with van der Waals surface area (Å²) in [5, 5.41) is 6.30. The molecule has 0 atom stereocenters. The zero-order valence-electron chi connectivity index (χ0n) is 10.6. The second kappa shape index (κ2) is 5.82. The number of aromatic nitrogens is 2. The van der Waals surface area contributed by atoms with Crippen molar-refractivity contribution >= 4 is 37.6 Å². The zero-order chi connectivity index (χ0) is 13.1. The van der Waals surface area contributed by atoms with Crippen molar-refractivity contribution in [2.24, 2.45) is 5.92 Å². The Morgan fingerprint density at radius 1 is 1.37 bits per heavy atom. The van der Waals surface area contributed by atoms with Gasteiger partial charge in [-0.05, 0) is 0 Å². The van der Waals surface area contributed by atoms with Crippen LogP contribution >= 0.6 is 0 Å². The van der Waals surface area contributed by atoms with Crippen molar-refractivity contribution in [3.05, 3.63) is 18.2 Å². The molecule has 0 spiro atoms. The third kappa shape index (κ3) is 3.03. The van der Waals surface area contributed by atoms with Gasteiger partial charge in [-0.15, -0.1) is 0 Å². The molecule has 100 valence electrons. The Balaban J connectivity index is 1.67. The average molecular weight is 323 g/mol. The molecule has 0 aliphatic carbocycles. The topological polar surface area (TPSA) is 66.9 Å². The quantitative estimate of drug-likeness (QED) is 0.828. The molecule has 0 radical (unpaired) electrons. The average Bonchev–Trinajstić information content (AvgIpc) is 2.89. The Hall–Kier alpha value is -1.23. The Bertz CT molecular complexity index is 577. The van der Waals surface area contributed by atoms with Crippen molar-refractivity contribution in [3.63, 3.8) is 0 Å². The number of hydrogen-bond donors (Lipinski definition) is 2. The van der Waals surface area contributed by atoms with Crippen molar-refractivity contribution in [1.82, 2.24) is 13.3 Å². The zero-order valence-corrected chi connectivity index (χ0v) is 12.3. The fourth-order valence-corrected chi connectivity index (χ4v) is 3.61. The summed E-state index contributed by atoms with van der Waals surface area (Å²) >= 11 is -0.0573. The fraction of sp³-hybridized carbons (Fsp3) is 0.462. The third-order valence-electron chi connectivity index (χ3n) is 3.49. The number of piperidine rings is 1. The Labute approximate surface area is 118 Å². The van der Waals surface area contributed by atoms with Gasteiger partial charge >= 0.3 is 117 Å². The molecule has 1 aliphatic heterocycles. The van der Waals surface area contributed by atoms with Gasteiger partial charge in [-0.2, -0.15) is 0 Å². The molecule has 0 unspecified atom stereocenters. The van der Waals surface area contributed by atoms with Gasteiger partial charge in [0, 0.05) is 0 Å². The van der Waals surface area contributed by atoms with Crippen LogP contribution in [0.1, 0.15) is 19.3 Å². The summed E-state index contributed by atoms with van der Waals surface area (Å²) in [6.07, 6.45) is 2.78. The fourth-order valence-electron chi connectivity index (χ4n) is 2.46. The van der Waals surface area contributed by atoms with Crippen LogP contribution < -0.4 is 10.6 Å². The summed E-state index contributed by atoms with van der Waals surface area (Å²) < 4.78 is 8.69. The molecule has 3 rings (SSSR count). The molecule has 5 nitrogen and oxygen atoms in total. The molecular weight excluding hydrogens is 307 g/mol. The van der Waals surface area contributed by atoms with Gasteiger partial charge in [-0.1, -0.05) is 0 Å². The monoisotopic (exact) mass is 324 g/mol. The van der Waals surface area contributed by atoms with Crippen molar-refractivity contribution in [2.75, 3.05) is 18.4 Å². The molecule has 6 heteroatoms. The Morgan fingerprint density at radius 2 is 2.21 bits per heavy atom. The van der Waals surface area contributed by atoms with E-state index in [0.29, 0.717) is 12.3 Å². The molecule has 1 aliphatic rings. The first-order chi connectivity index (χ1) is 9.33. The number of carbonyl (C=O) groups is 1. The van der Waals surface area contributed by atoms with E-state index in [4.69, 9.17) is 0 Å². The summed E-state index contributed by atoms with van der Waals surface area (Å²) in [5.74, 6) is 0.596. The number of nitrogens with one attached hydrogen (secondary N) is 2. The number of rotatable bonds is 3. The normalized spacial score (nSPS) is 16.6. The first-order valence-corrected chi connectivity index (χ1v) is 8.08. The third-order valence-corrected chi connectivity index (χ3v) is 4.63. The first-order valence-electron chi connectivity index (χ1n) is 6.55. The number of hydrogen-bond acceptors (Lipinski definition) is 4. The summed E-state index contributed by atoms with van der Waals surface area (Å²) in [4.78, 5) is 12.1. The summed E-state index contributed by atoms with van der Waals surface area (Å²) in [6, 6.07) is 5.76. The van der Waals surface area contributed by atoms with Gasteiger partial charge in [-0.3, -0.25) is 0 Å². The van der Waals surface area contributed by atoms with Crippen LogP contribution in [0.3, 0.4) is 0 Å². The predicted octanol–water partition coefficient (Wildman–Crippen LogP) is 1.01. The number of nitrogens with zero attached hydrogens (tertiary/aromatic N) is 2. The maximum atomic E-state index is 12.1. The molecular formula is C13H16N4OSe. The summed E-state index contributed by atoms with van der Waals surface area (Å²) in [6.45, 7) is 2.05. The molecule has 1 aromatic heterocycles. The molecule has 1 fully saturated rings. The molecule has 1 saturated heterocycles. The van der Waals surface area contributed by atoms with Gasteiger partial charge in [0.25, 0.3) is 0 Å². The molecule has 0 saturated carbocycles. The van der Waals surface area contributed by atoms with Gasteiger partial charge in [0.15, 0.2) is 0 Å². The number of carbonyl (C=O) groups excluding carboxylic acids is 1. The first kappa shape index (κ1) is 12.8. The number of benzene rings is 1. The second-order valence-electron chi connectivity index (χ2n) is 4.88. The number of fused-ring (bicyclic) bond motifs is 1. The summed E-state index contributed by atoms with van der Waals surface area (Å²) in [7, 11) is 0. The van der Waals surface area contributed by atoms with Crippen LogP contribution in [-0.2, 0) is 4.79 Å². The van der Waals surface area contributed by atoms with E-state index in [2.05, 4.69) is 18.6 Å². The van der Waals surface area contributed by atoms with E-state index in [9.17, 15) is 4.79 Å². The SMILES string of the molecule is O=C(CC1CCNCC1)Nc1cccc2n[se]nc12. The van der Waals surface area contributed by atoms with Crippen LogP contribution in [0, 0.1) is 5.92 Å². The molecule has 0 bridgehead atoms. The molecule has 2 heterocycles. The molecule has 2 aromatic rings. The van der Waals surface area contributed by atoms with E-state index in [1.54, 1.807) is 0 Å². The van der Waals surface area contributed by atoms with Gasteiger partial charge in [0.1, 0.15) is 0 Å². The van der Waals surface area contributed by atoms with Crippen molar-refractivity contribution < 1.29 is 4.79 Å². The summed E-state index contributed by atoms with van der Waals surface area (Å²) in [5.41, 5.74) is 2.56. The Kier molecular flexibility index (Phi) is 3.92. The number of amides is 1. The predicted molar refractivity (Wildman–Crippen MR) is 75.3 cm³/mol. The van der Waals surface area contributed by atoms with E-state index >= 15 is 0 Å². The van der Waals surface area contributed by atoms with Crippen LogP contribution in [0.5, 0.6) is 0 Å². The van der Waals surface area contributed by atoms with E-state index in [1.807, 2.05) is 18.2 Å². The van der Waals surface area contributed by atoms with Crippen LogP contribution in [-0.4, -0.2) is 41.9 Å². The minimum absolute atomic E-state index is 0.0573. The molecule has 1 aromatic carbocycles. The minimum atomic E-state index is -0.0573. The van der Waals surface area contributed by atoms with E-state index < -0.39 is 0 Å². The van der Waals surface area contributed by atoms with Gasteiger partial charge < -0.3 is 0 Å². The van der Waals surface area contributed by atoms with Gasteiger partial charge in [0.05, 0.1) is 0 Å². The van der Waals surface area contributed by atoms with Crippen LogP contribution in [0.2, 0.25) is 0 Å². The maximum absolute atomic E-state index is 12.1. The van der Waals surface area contributed by atoms with E-state index in [-0.39, 0.29) is 20.9 Å². The van der Waals surface area contributed by atoms with Crippen molar-refractivity contribution in [2.45, 2.75) is 19.3 Å². The Morgan fingerprint density at radius 3 is 3.05 bits per heavy atom. The second-order valence-corrected chi connectivity index (χ2v) is 5.99. The van der Waals surface area contributed by atoms with Crippen molar-refractivity contribution in [1.29, 1.82) is 0 Å². The van der Waals surface area contributed by atoms with E-state index in [1.165, 1.54) is 0 Å². The van der Waals surface area contributed by atoms with Crippen LogP contribution in [0.4, 0.5) is 5.69 Å². The van der Waals surface area contributed by atoms with Crippen LogP contribution in [0.25, 0.3) is 11.0 Å². The molecule has 1 amide bonds. The standard InChI is InChI=1S/C13H16N4OSe/c18-12(8-9-4-6-14-7-5-9)15-10-2-1-3-11-13(10)17-19-16-11/h1-3,9,14H,4-8H2,(H,15,18). The number of anilines is 1. The van der Waals surface area contributed by atoms with Crippen LogP contribution in [0.15, 0.2) is 18.2 Å². The molecule has 19 heavy (non-hydrogen) atoms. The van der Waals surface area contributed by atoms with Crippen molar-refractivity contribution in [3.8, 4) is 0 Å². The van der Waals surface area contributed by atoms with E-state index in [0.717, 1.165) is 42.7 Å².